The van der Waals surface area contributed by atoms with Gasteiger partial charge in [0.15, 0.2) is 22.4 Å². The molecule has 0 saturated carbocycles. The second-order valence-electron chi connectivity index (χ2n) is 7.55. The Morgan fingerprint density at radius 1 is 1.19 bits per heavy atom. The van der Waals surface area contributed by atoms with Crippen LogP contribution in [0.1, 0.15) is 56.6 Å². The zero-order chi connectivity index (χ0) is 22.0. The van der Waals surface area contributed by atoms with Crippen LogP contribution in [0.4, 0.5) is 5.82 Å². The predicted octanol–water partition coefficient (Wildman–Crippen LogP) is 4.24. The quantitative estimate of drug-likeness (QED) is 0.490. The van der Waals surface area contributed by atoms with Crippen LogP contribution >= 0.6 is 11.8 Å². The molecule has 7 nitrogen and oxygen atoms in total. The normalized spacial score (nSPS) is 17.6. The number of fused-ring (bicyclic) bond motifs is 1. The van der Waals surface area contributed by atoms with Crippen molar-refractivity contribution in [2.45, 2.75) is 50.6 Å². The van der Waals surface area contributed by atoms with Gasteiger partial charge in [-0.25, -0.2) is 4.98 Å². The molecule has 2 aliphatic rings. The Morgan fingerprint density at radius 2 is 2.03 bits per heavy atom. The second kappa shape index (κ2) is 9.18. The number of nitrogens with zero attached hydrogens (tertiary/aromatic N) is 1. The molecule has 1 aliphatic heterocycles. The third kappa shape index (κ3) is 4.08. The molecule has 0 radical (unpaired) electrons. The fraction of sp³-hybridized carbons (Fsp3) is 0.435. The summed E-state index contributed by atoms with van der Waals surface area (Å²) in [7, 11) is 1.58. The second-order valence-corrected chi connectivity index (χ2v) is 8.64. The third-order valence-electron chi connectivity index (χ3n) is 5.50. The number of H-pyrrole nitrogens is 1. The summed E-state index contributed by atoms with van der Waals surface area (Å²) in [5.74, 6) is 2.18. The van der Waals surface area contributed by atoms with Crippen molar-refractivity contribution in [2.24, 2.45) is 0 Å². The number of ether oxygens (including phenoxy) is 2. The number of thioether (sulfide) groups is 1. The van der Waals surface area contributed by atoms with Gasteiger partial charge < -0.3 is 19.8 Å². The highest BCUT2D eigenvalue weighted by Crippen LogP contribution is 2.45. The topological polar surface area (TPSA) is 93.3 Å². The Morgan fingerprint density at radius 3 is 2.77 bits per heavy atom. The van der Waals surface area contributed by atoms with Crippen molar-refractivity contribution < 1.29 is 14.3 Å². The first-order valence-electron chi connectivity index (χ1n) is 10.7. The van der Waals surface area contributed by atoms with Crippen LogP contribution in [0, 0.1) is 0 Å². The molecule has 2 heterocycles. The van der Waals surface area contributed by atoms with Crippen molar-refractivity contribution in [3.05, 3.63) is 50.9 Å². The van der Waals surface area contributed by atoms with Crippen molar-refractivity contribution in [3.63, 3.8) is 0 Å². The molecule has 2 N–H and O–H groups in total. The lowest BCUT2D eigenvalue weighted by Crippen LogP contribution is -2.32. The predicted molar refractivity (Wildman–Crippen MR) is 121 cm³/mol. The summed E-state index contributed by atoms with van der Waals surface area (Å²) in [5.41, 5.74) is 2.59. The SMILES string of the molecule is CCCSc1nc2c(c(=O)[nH]1)[C@H](c1ccc(OCC)c(OC)c1)C1=C(CCCC1=O)N2. The third-order valence-corrected chi connectivity index (χ3v) is 6.58. The van der Waals surface area contributed by atoms with Crippen LogP contribution in [0.15, 0.2) is 39.4 Å². The Kier molecular flexibility index (Phi) is 6.36. The largest absolute Gasteiger partial charge is 0.493 e. The standard InChI is InChI=1S/C23H27N3O4S/c1-4-11-31-23-25-21-20(22(28)26-23)18(19-14(24-21)7-6-8-15(19)27)13-9-10-16(30-5-2)17(12-13)29-3/h9-10,12,18H,4-8,11H2,1-3H3,(H2,24,25,26,28)/t18-/m1/s1. The van der Waals surface area contributed by atoms with Gasteiger partial charge in [-0.1, -0.05) is 24.8 Å². The summed E-state index contributed by atoms with van der Waals surface area (Å²) in [6.07, 6.45) is 3.02. The number of hydrogen-bond acceptors (Lipinski definition) is 7. The number of Topliss-reactive ketones (excluding diaryl/α,β-unsaturated/α-hetero) is 1. The number of rotatable bonds is 7. The van der Waals surface area contributed by atoms with E-state index in [-0.39, 0.29) is 11.3 Å². The summed E-state index contributed by atoms with van der Waals surface area (Å²) in [6.45, 7) is 4.51. The van der Waals surface area contributed by atoms with Crippen molar-refractivity contribution in [2.75, 3.05) is 24.8 Å². The Bertz CT molecular complexity index is 1090. The average molecular weight is 442 g/mol. The minimum Gasteiger partial charge on any atom is -0.493 e. The molecule has 1 aliphatic carbocycles. The average Bonchev–Trinajstić information content (AvgIpc) is 2.77. The zero-order valence-electron chi connectivity index (χ0n) is 18.0. The molecule has 1 aromatic heterocycles. The summed E-state index contributed by atoms with van der Waals surface area (Å²) < 4.78 is 11.2. The zero-order valence-corrected chi connectivity index (χ0v) is 18.9. The summed E-state index contributed by atoms with van der Waals surface area (Å²) in [6, 6.07) is 5.59. The van der Waals surface area contributed by atoms with Gasteiger partial charge >= 0.3 is 0 Å². The van der Waals surface area contributed by atoms with Gasteiger partial charge in [-0.2, -0.15) is 0 Å². The summed E-state index contributed by atoms with van der Waals surface area (Å²) >= 11 is 1.52. The van der Waals surface area contributed by atoms with E-state index in [0.29, 0.717) is 46.6 Å². The molecule has 1 atom stereocenters. The van der Waals surface area contributed by atoms with Crippen LogP contribution < -0.4 is 20.3 Å². The minimum atomic E-state index is -0.495. The number of aromatic amines is 1. The fourth-order valence-electron chi connectivity index (χ4n) is 4.18. The van der Waals surface area contributed by atoms with Gasteiger partial charge in [0.1, 0.15) is 5.82 Å². The number of ketones is 1. The first kappa shape index (κ1) is 21.5. The fourth-order valence-corrected chi connectivity index (χ4v) is 4.90. The number of benzene rings is 1. The molecule has 0 amide bonds. The van der Waals surface area contributed by atoms with Gasteiger partial charge in [-0.05, 0) is 43.9 Å². The molecule has 8 heteroatoms. The summed E-state index contributed by atoms with van der Waals surface area (Å²) in [4.78, 5) is 33.8. The van der Waals surface area contributed by atoms with E-state index in [1.54, 1.807) is 7.11 Å². The maximum atomic E-state index is 13.2. The van der Waals surface area contributed by atoms with E-state index in [1.807, 2.05) is 25.1 Å². The van der Waals surface area contributed by atoms with E-state index in [0.717, 1.165) is 36.3 Å². The van der Waals surface area contributed by atoms with E-state index in [2.05, 4.69) is 22.2 Å². The minimum absolute atomic E-state index is 0.0705. The van der Waals surface area contributed by atoms with Crippen molar-refractivity contribution in [3.8, 4) is 11.5 Å². The molecule has 4 rings (SSSR count). The highest BCUT2D eigenvalue weighted by Gasteiger charge is 2.38. The van der Waals surface area contributed by atoms with Gasteiger partial charge in [-0.15, -0.1) is 0 Å². The van der Waals surface area contributed by atoms with Crippen LogP contribution in [0.25, 0.3) is 0 Å². The number of allylic oxidation sites excluding steroid dienone is 2. The summed E-state index contributed by atoms with van der Waals surface area (Å²) in [5, 5.41) is 3.90. The van der Waals surface area contributed by atoms with Gasteiger partial charge in [0.25, 0.3) is 5.56 Å². The van der Waals surface area contributed by atoms with Crippen molar-refractivity contribution in [1.29, 1.82) is 0 Å². The molecule has 0 fully saturated rings. The van der Waals surface area contributed by atoms with Gasteiger partial charge in [-0.3, -0.25) is 9.59 Å². The molecular formula is C23H27N3O4S. The monoisotopic (exact) mass is 441 g/mol. The Hall–Kier alpha value is -2.74. The number of methoxy groups -OCH3 is 1. The van der Waals surface area contributed by atoms with Crippen molar-refractivity contribution in [1.82, 2.24) is 9.97 Å². The highest BCUT2D eigenvalue weighted by molar-refractivity contribution is 7.99. The number of carbonyl (C=O) groups is 1. The number of carbonyl (C=O) groups excluding carboxylic acids is 1. The van der Waals surface area contributed by atoms with E-state index >= 15 is 0 Å². The maximum Gasteiger partial charge on any atom is 0.257 e. The first-order valence-corrected chi connectivity index (χ1v) is 11.7. The van der Waals surface area contributed by atoms with Gasteiger partial charge in [0.2, 0.25) is 0 Å². The molecule has 0 bridgehead atoms. The number of hydrogen-bond donors (Lipinski definition) is 2. The van der Waals surface area contributed by atoms with Crippen LogP contribution in [-0.2, 0) is 4.79 Å². The highest BCUT2D eigenvalue weighted by atomic mass is 32.2. The number of aromatic nitrogens is 2. The van der Waals surface area contributed by atoms with Crippen LogP contribution in [0.3, 0.4) is 0 Å². The maximum absolute atomic E-state index is 13.2. The molecule has 0 spiro atoms. The van der Waals surface area contributed by atoms with Crippen LogP contribution in [0.2, 0.25) is 0 Å². The van der Waals surface area contributed by atoms with Gasteiger partial charge in [0.05, 0.1) is 19.3 Å². The Labute approximate surface area is 185 Å². The van der Waals surface area contributed by atoms with Crippen LogP contribution in [-0.4, -0.2) is 35.2 Å². The molecule has 1 aromatic carbocycles. The molecule has 0 saturated heterocycles. The molecule has 31 heavy (non-hydrogen) atoms. The first-order chi connectivity index (χ1) is 15.1. The van der Waals surface area contributed by atoms with Crippen LogP contribution in [0.5, 0.6) is 11.5 Å². The lowest BCUT2D eigenvalue weighted by atomic mass is 9.76. The molecular weight excluding hydrogens is 414 g/mol. The molecule has 164 valence electrons. The lowest BCUT2D eigenvalue weighted by Gasteiger charge is -2.33. The van der Waals surface area contributed by atoms with E-state index < -0.39 is 5.92 Å². The number of nitrogens with one attached hydrogen (secondary N) is 2. The van der Waals surface area contributed by atoms with Gasteiger partial charge in [0, 0.05) is 29.4 Å². The van der Waals surface area contributed by atoms with E-state index in [4.69, 9.17) is 9.47 Å². The van der Waals surface area contributed by atoms with E-state index in [9.17, 15) is 9.59 Å². The van der Waals surface area contributed by atoms with E-state index in [1.165, 1.54) is 11.8 Å². The molecule has 0 unspecified atom stereocenters. The molecule has 2 aromatic rings. The lowest BCUT2D eigenvalue weighted by molar-refractivity contribution is -0.116. The number of anilines is 1. The van der Waals surface area contributed by atoms with Crippen molar-refractivity contribution >= 4 is 23.4 Å². The Balaban J connectivity index is 1.88. The smallest absolute Gasteiger partial charge is 0.257 e.